The van der Waals surface area contributed by atoms with E-state index in [-0.39, 0.29) is 5.97 Å². The Kier molecular flexibility index (Phi) is 5.44. The molecule has 72 valence electrons. The predicted octanol–water partition coefficient (Wildman–Crippen LogP) is 1.18. The van der Waals surface area contributed by atoms with Gasteiger partial charge in [-0.25, -0.2) is 0 Å². The highest BCUT2D eigenvalue weighted by molar-refractivity contribution is 6.73. The van der Waals surface area contributed by atoms with Crippen LogP contribution in [0.2, 0.25) is 19.6 Å². The van der Waals surface area contributed by atoms with Crippen molar-refractivity contribution in [1.82, 2.24) is 0 Å². The van der Waals surface area contributed by atoms with Gasteiger partial charge >= 0.3 is 10.0 Å². The fraction of sp³-hybridized carbons (Fsp3) is 0.857. The van der Waals surface area contributed by atoms with Crippen molar-refractivity contribution in [2.24, 2.45) is 0 Å². The minimum atomic E-state index is -1.46. The van der Waals surface area contributed by atoms with Crippen LogP contribution in [-0.4, -0.2) is 24.3 Å². The first-order valence-corrected chi connectivity index (χ1v) is 8.81. The third-order valence-electron chi connectivity index (χ3n) is 1.17. The van der Waals surface area contributed by atoms with E-state index in [9.17, 15) is 4.79 Å². The molecule has 0 unspecified atom stereocenters. The van der Waals surface area contributed by atoms with Gasteiger partial charge in [-0.2, -0.15) is 0 Å². The highest BCUT2D eigenvalue weighted by Crippen LogP contribution is 2.01. The van der Waals surface area contributed by atoms with Crippen LogP contribution in [0.5, 0.6) is 0 Å². The average Bonchev–Trinajstić information content (AvgIpc) is 1.84. The Labute approximate surface area is 77.6 Å². The summed E-state index contributed by atoms with van der Waals surface area (Å²) in [6.45, 7) is 8.23. The summed E-state index contributed by atoms with van der Waals surface area (Å²) in [6.07, 6.45) is 1.36. The van der Waals surface area contributed by atoms with Crippen molar-refractivity contribution < 1.29 is 13.3 Å². The first kappa shape index (κ1) is 11.9. The molecule has 0 spiro atoms. The van der Waals surface area contributed by atoms with Crippen LogP contribution in [0.15, 0.2) is 0 Å². The lowest BCUT2D eigenvalue weighted by Crippen LogP contribution is -2.29. The van der Waals surface area contributed by atoms with Gasteiger partial charge in [0.15, 0.2) is 8.32 Å². The van der Waals surface area contributed by atoms with Crippen LogP contribution in [0.25, 0.3) is 0 Å². The molecular formula is C7H18O3Si2. The van der Waals surface area contributed by atoms with Crippen LogP contribution in [-0.2, 0) is 13.3 Å². The largest absolute Gasteiger partial charge is 0.500 e. The van der Waals surface area contributed by atoms with E-state index in [1.807, 2.05) is 6.92 Å². The lowest BCUT2D eigenvalue weighted by Gasteiger charge is -2.16. The molecule has 0 atom stereocenters. The van der Waals surface area contributed by atoms with E-state index >= 15 is 0 Å². The molecule has 0 saturated carbocycles. The second-order valence-corrected chi connectivity index (χ2v) is 9.54. The molecule has 0 aromatic carbocycles. The lowest BCUT2D eigenvalue weighted by atomic mass is 10.4. The van der Waals surface area contributed by atoms with Gasteiger partial charge in [0.1, 0.15) is 0 Å². The number of carbonyl (C=O) groups excluding carboxylic acids is 1. The van der Waals surface area contributed by atoms with E-state index in [1.54, 1.807) is 0 Å². The number of hydrogen-bond donors (Lipinski definition) is 0. The molecule has 0 aliphatic carbocycles. The second-order valence-electron chi connectivity index (χ2n) is 3.64. The Morgan fingerprint density at radius 2 is 2.00 bits per heavy atom. The maximum atomic E-state index is 10.9. The van der Waals surface area contributed by atoms with Gasteiger partial charge in [-0.15, -0.1) is 0 Å². The molecular weight excluding hydrogens is 188 g/mol. The van der Waals surface area contributed by atoms with Crippen LogP contribution < -0.4 is 0 Å². The summed E-state index contributed by atoms with van der Waals surface area (Å²) >= 11 is 0. The van der Waals surface area contributed by atoms with E-state index in [0.29, 0.717) is 6.42 Å². The summed E-state index contributed by atoms with van der Waals surface area (Å²) in [6, 6.07) is 0. The lowest BCUT2D eigenvalue weighted by molar-refractivity contribution is -0.135. The van der Waals surface area contributed by atoms with Crippen LogP contribution in [0.3, 0.4) is 0 Å². The molecule has 0 aromatic rings. The maximum absolute atomic E-state index is 10.9. The molecule has 0 saturated heterocycles. The van der Waals surface area contributed by atoms with Crippen LogP contribution in [0.1, 0.15) is 19.8 Å². The van der Waals surface area contributed by atoms with Gasteiger partial charge in [0.25, 0.3) is 5.97 Å². The topological polar surface area (TPSA) is 35.5 Å². The minimum absolute atomic E-state index is 0.109. The fourth-order valence-corrected chi connectivity index (χ4v) is 2.47. The smallest absolute Gasteiger partial charge is 0.358 e. The standard InChI is InChI=1S/C7H18O3Si2/c1-5-6-7(8)9-11-10-12(2,3)4/h5-6,11H2,1-4H3. The van der Waals surface area contributed by atoms with Crippen molar-refractivity contribution >= 4 is 24.3 Å². The first-order valence-electron chi connectivity index (χ1n) is 4.25. The van der Waals surface area contributed by atoms with Gasteiger partial charge in [0.2, 0.25) is 0 Å². The van der Waals surface area contributed by atoms with E-state index in [2.05, 4.69) is 19.6 Å². The molecule has 0 aliphatic heterocycles. The van der Waals surface area contributed by atoms with Gasteiger partial charge in [0, 0.05) is 6.42 Å². The van der Waals surface area contributed by atoms with Gasteiger partial charge in [-0.1, -0.05) is 6.92 Å². The second kappa shape index (κ2) is 5.50. The Balaban J connectivity index is 3.37. The summed E-state index contributed by atoms with van der Waals surface area (Å²) in [5.41, 5.74) is 0. The van der Waals surface area contributed by atoms with Crippen molar-refractivity contribution in [3.63, 3.8) is 0 Å². The highest BCUT2D eigenvalue weighted by atomic mass is 28.4. The Hall–Kier alpha value is -0.136. The Bertz CT molecular complexity index is 142. The van der Waals surface area contributed by atoms with Crippen molar-refractivity contribution in [2.75, 3.05) is 0 Å². The molecule has 0 rings (SSSR count). The Morgan fingerprint density at radius 3 is 2.42 bits per heavy atom. The quantitative estimate of drug-likeness (QED) is 0.634. The summed E-state index contributed by atoms with van der Waals surface area (Å²) in [4.78, 5) is 10.9. The van der Waals surface area contributed by atoms with Crippen molar-refractivity contribution in [3.05, 3.63) is 0 Å². The SMILES string of the molecule is CCCC(=O)O[SiH2]O[Si](C)(C)C. The molecule has 0 heterocycles. The third-order valence-corrected chi connectivity index (χ3v) is 5.54. The molecule has 3 nitrogen and oxygen atoms in total. The molecule has 12 heavy (non-hydrogen) atoms. The Morgan fingerprint density at radius 1 is 1.42 bits per heavy atom. The molecule has 0 aliphatic rings. The van der Waals surface area contributed by atoms with Gasteiger partial charge in [-0.05, 0) is 26.1 Å². The third kappa shape index (κ3) is 7.97. The van der Waals surface area contributed by atoms with Gasteiger partial charge in [0.05, 0.1) is 0 Å². The summed E-state index contributed by atoms with van der Waals surface area (Å²) < 4.78 is 10.5. The molecule has 0 radical (unpaired) electrons. The first-order chi connectivity index (χ1) is 5.45. The zero-order chi connectivity index (χ0) is 9.61. The molecule has 5 heteroatoms. The van der Waals surface area contributed by atoms with Gasteiger partial charge < -0.3 is 8.54 Å². The van der Waals surface area contributed by atoms with E-state index in [1.165, 1.54) is 0 Å². The average molecular weight is 206 g/mol. The van der Waals surface area contributed by atoms with E-state index in [0.717, 1.165) is 6.42 Å². The summed E-state index contributed by atoms with van der Waals surface area (Å²) in [5.74, 6) is -0.109. The van der Waals surface area contributed by atoms with Crippen molar-refractivity contribution in [3.8, 4) is 0 Å². The number of rotatable bonds is 5. The van der Waals surface area contributed by atoms with Gasteiger partial charge in [-0.3, -0.25) is 4.79 Å². The zero-order valence-electron chi connectivity index (χ0n) is 8.35. The summed E-state index contributed by atoms with van der Waals surface area (Å²) in [7, 11) is -2.51. The minimum Gasteiger partial charge on any atom is -0.500 e. The van der Waals surface area contributed by atoms with Crippen molar-refractivity contribution in [1.29, 1.82) is 0 Å². The number of hydrogen-bond acceptors (Lipinski definition) is 3. The normalized spacial score (nSPS) is 12.3. The molecule has 0 bridgehead atoms. The highest BCUT2D eigenvalue weighted by Gasteiger charge is 2.14. The van der Waals surface area contributed by atoms with Crippen molar-refractivity contribution in [2.45, 2.75) is 39.4 Å². The predicted molar refractivity (Wildman–Crippen MR) is 54.0 cm³/mol. The number of carbonyl (C=O) groups is 1. The van der Waals surface area contributed by atoms with E-state index in [4.69, 9.17) is 8.54 Å². The van der Waals surface area contributed by atoms with E-state index < -0.39 is 18.3 Å². The molecule has 0 fully saturated rings. The zero-order valence-corrected chi connectivity index (χ0v) is 10.8. The molecule has 0 aromatic heterocycles. The molecule has 0 amide bonds. The molecule has 0 N–H and O–H groups in total. The van der Waals surface area contributed by atoms with Crippen LogP contribution >= 0.6 is 0 Å². The summed E-state index contributed by atoms with van der Waals surface area (Å²) in [5, 5.41) is 0. The van der Waals surface area contributed by atoms with Crippen LogP contribution in [0, 0.1) is 0 Å². The fourth-order valence-electron chi connectivity index (χ4n) is 0.548. The van der Waals surface area contributed by atoms with Crippen LogP contribution in [0.4, 0.5) is 0 Å². The monoisotopic (exact) mass is 206 g/mol. The maximum Gasteiger partial charge on any atom is 0.358 e.